The zero-order valence-electron chi connectivity index (χ0n) is 7.94. The van der Waals surface area contributed by atoms with Crippen LogP contribution in [0.1, 0.15) is 32.1 Å². The number of alkyl halides is 3. The van der Waals surface area contributed by atoms with Crippen LogP contribution in [0.15, 0.2) is 0 Å². The summed E-state index contributed by atoms with van der Waals surface area (Å²) in [5.74, 6) is 0. The molecule has 80 valence electrons. The molecule has 0 saturated heterocycles. The molecular formula is C9H17F3O. The number of methoxy groups -OCH3 is 1. The molecule has 0 amide bonds. The van der Waals surface area contributed by atoms with E-state index in [-0.39, 0.29) is 6.42 Å². The summed E-state index contributed by atoms with van der Waals surface area (Å²) in [4.78, 5) is 0. The van der Waals surface area contributed by atoms with Gasteiger partial charge in [0.1, 0.15) is 0 Å². The van der Waals surface area contributed by atoms with Crippen LogP contribution >= 0.6 is 0 Å². The molecule has 0 rings (SSSR count). The van der Waals surface area contributed by atoms with E-state index >= 15 is 0 Å². The Morgan fingerprint density at radius 1 is 1.00 bits per heavy atom. The highest BCUT2D eigenvalue weighted by atomic mass is 19.3. The Kier molecular flexibility index (Phi) is 8.19. The number of rotatable bonds is 8. The molecule has 1 unspecified atom stereocenters. The van der Waals surface area contributed by atoms with Crippen molar-refractivity contribution < 1.29 is 17.9 Å². The van der Waals surface area contributed by atoms with Gasteiger partial charge in [-0.3, -0.25) is 0 Å². The van der Waals surface area contributed by atoms with Crippen LogP contribution in [0.5, 0.6) is 0 Å². The van der Waals surface area contributed by atoms with Crippen LogP contribution in [0.4, 0.5) is 13.2 Å². The van der Waals surface area contributed by atoms with Crippen molar-refractivity contribution in [3.05, 3.63) is 0 Å². The molecule has 0 radical (unpaired) electrons. The topological polar surface area (TPSA) is 9.23 Å². The van der Waals surface area contributed by atoms with Crippen LogP contribution in [0.3, 0.4) is 0 Å². The first-order valence-corrected chi connectivity index (χ1v) is 4.59. The number of hydrogen-bond acceptors (Lipinski definition) is 1. The van der Waals surface area contributed by atoms with Gasteiger partial charge in [-0.15, -0.1) is 0 Å². The third kappa shape index (κ3) is 8.09. The Balaban J connectivity index is 3.07. The summed E-state index contributed by atoms with van der Waals surface area (Å²) < 4.78 is 40.5. The SMILES string of the molecule is COCCCCCCC(F)C(F)F. The van der Waals surface area contributed by atoms with Crippen LogP contribution in [-0.4, -0.2) is 26.3 Å². The van der Waals surface area contributed by atoms with Crippen molar-refractivity contribution in [1.29, 1.82) is 0 Å². The molecular weight excluding hydrogens is 181 g/mol. The van der Waals surface area contributed by atoms with Crippen molar-refractivity contribution in [3.8, 4) is 0 Å². The van der Waals surface area contributed by atoms with Gasteiger partial charge in [0, 0.05) is 13.7 Å². The second-order valence-corrected chi connectivity index (χ2v) is 3.05. The average Bonchev–Trinajstić information content (AvgIpc) is 2.10. The Morgan fingerprint density at radius 2 is 1.62 bits per heavy atom. The molecule has 0 saturated carbocycles. The third-order valence-corrected chi connectivity index (χ3v) is 1.85. The fraction of sp³-hybridized carbons (Fsp3) is 1.00. The highest BCUT2D eigenvalue weighted by molar-refractivity contribution is 4.58. The van der Waals surface area contributed by atoms with Gasteiger partial charge in [-0.05, 0) is 12.8 Å². The van der Waals surface area contributed by atoms with E-state index in [0.29, 0.717) is 13.0 Å². The maximum atomic E-state index is 12.3. The molecule has 1 atom stereocenters. The lowest BCUT2D eigenvalue weighted by atomic mass is 10.1. The largest absolute Gasteiger partial charge is 0.385 e. The normalized spacial score (nSPS) is 13.6. The van der Waals surface area contributed by atoms with Crippen molar-refractivity contribution in [1.82, 2.24) is 0 Å². The van der Waals surface area contributed by atoms with Crippen molar-refractivity contribution in [3.63, 3.8) is 0 Å². The van der Waals surface area contributed by atoms with Crippen LogP contribution in [0.25, 0.3) is 0 Å². The van der Waals surface area contributed by atoms with E-state index in [1.807, 2.05) is 0 Å². The first-order chi connectivity index (χ1) is 6.18. The average molecular weight is 198 g/mol. The summed E-state index contributed by atoms with van der Waals surface area (Å²) in [5, 5.41) is 0. The van der Waals surface area contributed by atoms with Gasteiger partial charge in [0.05, 0.1) is 0 Å². The van der Waals surface area contributed by atoms with Gasteiger partial charge in [0.2, 0.25) is 0 Å². The van der Waals surface area contributed by atoms with Crippen LogP contribution in [0, 0.1) is 0 Å². The quantitative estimate of drug-likeness (QED) is 0.544. The van der Waals surface area contributed by atoms with E-state index in [9.17, 15) is 13.2 Å². The van der Waals surface area contributed by atoms with E-state index in [0.717, 1.165) is 19.3 Å². The summed E-state index contributed by atoms with van der Waals surface area (Å²) in [6.07, 6.45) is -1.61. The molecule has 4 heteroatoms. The molecule has 0 aromatic rings. The second kappa shape index (κ2) is 8.35. The monoisotopic (exact) mass is 198 g/mol. The van der Waals surface area contributed by atoms with Crippen molar-refractivity contribution >= 4 is 0 Å². The number of hydrogen-bond donors (Lipinski definition) is 0. The minimum Gasteiger partial charge on any atom is -0.385 e. The second-order valence-electron chi connectivity index (χ2n) is 3.05. The van der Waals surface area contributed by atoms with Crippen LogP contribution in [-0.2, 0) is 4.74 Å². The van der Waals surface area contributed by atoms with E-state index < -0.39 is 12.6 Å². The number of unbranched alkanes of at least 4 members (excludes halogenated alkanes) is 3. The molecule has 13 heavy (non-hydrogen) atoms. The molecule has 0 heterocycles. The molecule has 0 spiro atoms. The van der Waals surface area contributed by atoms with Crippen molar-refractivity contribution in [2.24, 2.45) is 0 Å². The third-order valence-electron chi connectivity index (χ3n) is 1.85. The maximum absolute atomic E-state index is 12.3. The Labute approximate surface area is 77.3 Å². The smallest absolute Gasteiger partial charge is 0.269 e. The number of ether oxygens (including phenoxy) is 1. The van der Waals surface area contributed by atoms with Gasteiger partial charge in [0.15, 0.2) is 6.17 Å². The van der Waals surface area contributed by atoms with Gasteiger partial charge in [-0.25, -0.2) is 13.2 Å². The molecule has 0 aromatic carbocycles. The molecule has 0 fully saturated rings. The lowest BCUT2D eigenvalue weighted by Crippen LogP contribution is -2.11. The lowest BCUT2D eigenvalue weighted by Gasteiger charge is -2.05. The predicted octanol–water partition coefficient (Wildman–Crippen LogP) is 3.19. The Morgan fingerprint density at radius 3 is 2.15 bits per heavy atom. The lowest BCUT2D eigenvalue weighted by molar-refractivity contribution is 0.0439. The minimum absolute atomic E-state index is 0.0232. The minimum atomic E-state index is -2.82. The fourth-order valence-electron chi connectivity index (χ4n) is 1.07. The molecule has 0 aliphatic heterocycles. The Bertz CT molecular complexity index is 109. The molecule has 0 aliphatic carbocycles. The zero-order chi connectivity index (χ0) is 10.1. The first-order valence-electron chi connectivity index (χ1n) is 4.59. The maximum Gasteiger partial charge on any atom is 0.269 e. The van der Waals surface area contributed by atoms with Crippen LogP contribution < -0.4 is 0 Å². The molecule has 0 N–H and O–H groups in total. The van der Waals surface area contributed by atoms with E-state index in [2.05, 4.69) is 0 Å². The van der Waals surface area contributed by atoms with Gasteiger partial charge >= 0.3 is 0 Å². The van der Waals surface area contributed by atoms with Gasteiger partial charge in [0.25, 0.3) is 6.43 Å². The van der Waals surface area contributed by atoms with E-state index in [1.54, 1.807) is 7.11 Å². The number of halogens is 3. The van der Waals surface area contributed by atoms with Crippen molar-refractivity contribution in [2.75, 3.05) is 13.7 Å². The highest BCUT2D eigenvalue weighted by Crippen LogP contribution is 2.14. The van der Waals surface area contributed by atoms with E-state index in [1.165, 1.54) is 0 Å². The summed E-state index contributed by atoms with van der Waals surface area (Å²) in [6.45, 7) is 0.688. The van der Waals surface area contributed by atoms with Crippen molar-refractivity contribution in [2.45, 2.75) is 44.7 Å². The molecule has 0 aliphatic rings. The van der Waals surface area contributed by atoms with Gasteiger partial charge < -0.3 is 4.74 Å². The zero-order valence-corrected chi connectivity index (χ0v) is 7.94. The summed E-state index contributed by atoms with van der Waals surface area (Å²) >= 11 is 0. The van der Waals surface area contributed by atoms with Gasteiger partial charge in [-0.1, -0.05) is 19.3 Å². The fourth-order valence-corrected chi connectivity index (χ4v) is 1.07. The first kappa shape index (κ1) is 12.8. The van der Waals surface area contributed by atoms with Gasteiger partial charge in [-0.2, -0.15) is 0 Å². The standard InChI is InChI=1S/C9H17F3O/c1-13-7-5-3-2-4-6-8(10)9(11)12/h8-9H,2-7H2,1H3. The van der Waals surface area contributed by atoms with Crippen LogP contribution in [0.2, 0.25) is 0 Å². The summed E-state index contributed by atoms with van der Waals surface area (Å²) in [6, 6.07) is 0. The predicted molar refractivity (Wildman–Crippen MR) is 45.9 cm³/mol. The molecule has 0 aromatic heterocycles. The highest BCUT2D eigenvalue weighted by Gasteiger charge is 2.17. The molecule has 0 bridgehead atoms. The molecule has 1 nitrogen and oxygen atoms in total. The summed E-state index contributed by atoms with van der Waals surface area (Å²) in [5.41, 5.74) is 0. The summed E-state index contributed by atoms with van der Waals surface area (Å²) in [7, 11) is 1.62. The van der Waals surface area contributed by atoms with E-state index in [4.69, 9.17) is 4.74 Å². The Hall–Kier alpha value is -0.250.